The summed E-state index contributed by atoms with van der Waals surface area (Å²) in [6, 6.07) is 19.4. The maximum absolute atomic E-state index is 12.2. The first-order valence-corrected chi connectivity index (χ1v) is 11.0. The van der Waals surface area contributed by atoms with Crippen LogP contribution in [-0.4, -0.2) is 37.0 Å². The Morgan fingerprint density at radius 2 is 1.50 bits per heavy atom. The molecule has 34 heavy (non-hydrogen) atoms. The molecule has 0 saturated heterocycles. The Morgan fingerprint density at radius 3 is 2.26 bits per heavy atom. The summed E-state index contributed by atoms with van der Waals surface area (Å²) in [5.74, 6) is -1.94. The number of rotatable bonds is 10. The minimum absolute atomic E-state index is 0.0702. The van der Waals surface area contributed by atoms with Crippen LogP contribution in [0.25, 0.3) is 10.8 Å². The van der Waals surface area contributed by atoms with Gasteiger partial charge in [0.25, 0.3) is 5.91 Å². The standard InChI is InChI=1S/C26H26N2O6/c1-2-16-33-26(32)19-10-12-20(13-11-19)27-24(30)17-34-25(31)15-14-23(29)28-22-9-5-7-18-6-3-4-8-21(18)22/h3-13H,2,14-17H2,1H3,(H,27,30)(H,28,29). The van der Waals surface area contributed by atoms with Crippen molar-refractivity contribution in [3.8, 4) is 0 Å². The smallest absolute Gasteiger partial charge is 0.338 e. The Morgan fingerprint density at radius 1 is 0.765 bits per heavy atom. The lowest BCUT2D eigenvalue weighted by Crippen LogP contribution is -2.21. The maximum Gasteiger partial charge on any atom is 0.338 e. The molecule has 0 aliphatic carbocycles. The molecular weight excluding hydrogens is 436 g/mol. The molecule has 0 atom stereocenters. The zero-order valence-corrected chi connectivity index (χ0v) is 18.8. The van der Waals surface area contributed by atoms with Gasteiger partial charge in [-0.15, -0.1) is 0 Å². The van der Waals surface area contributed by atoms with Crippen LogP contribution in [-0.2, 0) is 23.9 Å². The van der Waals surface area contributed by atoms with Crippen LogP contribution in [0.2, 0.25) is 0 Å². The van der Waals surface area contributed by atoms with Crippen LogP contribution in [0.1, 0.15) is 36.5 Å². The third kappa shape index (κ3) is 7.16. The molecule has 0 aliphatic rings. The topological polar surface area (TPSA) is 111 Å². The van der Waals surface area contributed by atoms with Gasteiger partial charge < -0.3 is 20.1 Å². The van der Waals surface area contributed by atoms with E-state index in [9.17, 15) is 19.2 Å². The zero-order valence-electron chi connectivity index (χ0n) is 18.8. The van der Waals surface area contributed by atoms with Crippen molar-refractivity contribution >= 4 is 45.9 Å². The maximum atomic E-state index is 12.2. The lowest BCUT2D eigenvalue weighted by atomic mass is 10.1. The molecule has 0 fully saturated rings. The van der Waals surface area contributed by atoms with E-state index < -0.39 is 24.5 Å². The highest BCUT2D eigenvalue weighted by molar-refractivity contribution is 6.02. The van der Waals surface area contributed by atoms with Crippen molar-refractivity contribution in [2.45, 2.75) is 26.2 Å². The summed E-state index contributed by atoms with van der Waals surface area (Å²) in [6.07, 6.45) is 0.505. The predicted octanol–water partition coefficient (Wildman–Crippen LogP) is 4.31. The predicted molar refractivity (Wildman–Crippen MR) is 128 cm³/mol. The van der Waals surface area contributed by atoms with Gasteiger partial charge in [0.2, 0.25) is 5.91 Å². The van der Waals surface area contributed by atoms with Crippen LogP contribution in [0, 0.1) is 0 Å². The highest BCUT2D eigenvalue weighted by atomic mass is 16.5. The number of carbonyl (C=O) groups excluding carboxylic acids is 4. The van der Waals surface area contributed by atoms with Gasteiger partial charge in [-0.25, -0.2) is 4.79 Å². The number of hydrogen-bond acceptors (Lipinski definition) is 6. The molecule has 8 nitrogen and oxygen atoms in total. The highest BCUT2D eigenvalue weighted by Crippen LogP contribution is 2.23. The molecule has 3 rings (SSSR count). The number of nitrogens with one attached hydrogen (secondary N) is 2. The van der Waals surface area contributed by atoms with E-state index in [4.69, 9.17) is 9.47 Å². The normalized spacial score (nSPS) is 10.4. The summed E-state index contributed by atoms with van der Waals surface area (Å²) < 4.78 is 9.99. The first-order chi connectivity index (χ1) is 16.5. The van der Waals surface area contributed by atoms with Gasteiger partial charge in [-0.3, -0.25) is 14.4 Å². The van der Waals surface area contributed by atoms with E-state index in [2.05, 4.69) is 10.6 Å². The molecule has 176 valence electrons. The number of fused-ring (bicyclic) bond motifs is 1. The Balaban J connectivity index is 1.39. The molecule has 2 amide bonds. The Labute approximate surface area is 197 Å². The van der Waals surface area contributed by atoms with E-state index in [0.29, 0.717) is 23.5 Å². The fraction of sp³-hybridized carbons (Fsp3) is 0.231. The van der Waals surface area contributed by atoms with Gasteiger partial charge in [-0.2, -0.15) is 0 Å². The van der Waals surface area contributed by atoms with E-state index in [1.807, 2.05) is 43.3 Å². The lowest BCUT2D eigenvalue weighted by molar-refractivity contribution is -0.147. The van der Waals surface area contributed by atoms with Crippen molar-refractivity contribution in [3.05, 3.63) is 72.3 Å². The number of amides is 2. The van der Waals surface area contributed by atoms with Crippen molar-refractivity contribution in [1.82, 2.24) is 0 Å². The van der Waals surface area contributed by atoms with Crippen LogP contribution < -0.4 is 10.6 Å². The monoisotopic (exact) mass is 462 g/mol. The minimum atomic E-state index is -0.655. The number of ether oxygens (including phenoxy) is 2. The average molecular weight is 463 g/mol. The Kier molecular flexibility index (Phi) is 8.73. The van der Waals surface area contributed by atoms with Gasteiger partial charge in [0.15, 0.2) is 6.61 Å². The van der Waals surface area contributed by atoms with Crippen molar-refractivity contribution in [2.75, 3.05) is 23.8 Å². The highest BCUT2D eigenvalue weighted by Gasteiger charge is 2.12. The lowest BCUT2D eigenvalue weighted by Gasteiger charge is -2.09. The summed E-state index contributed by atoms with van der Waals surface area (Å²) >= 11 is 0. The Hall–Kier alpha value is -4.20. The van der Waals surface area contributed by atoms with Crippen molar-refractivity contribution < 1.29 is 28.7 Å². The molecule has 3 aromatic rings. The van der Waals surface area contributed by atoms with Crippen molar-refractivity contribution in [1.29, 1.82) is 0 Å². The second-order valence-corrected chi connectivity index (χ2v) is 7.50. The quantitative estimate of drug-likeness (QED) is 0.435. The van der Waals surface area contributed by atoms with Gasteiger partial charge in [0.1, 0.15) is 0 Å². The first-order valence-electron chi connectivity index (χ1n) is 11.0. The summed E-state index contributed by atoms with van der Waals surface area (Å²) in [7, 11) is 0. The molecular formula is C26H26N2O6. The van der Waals surface area contributed by atoms with Crippen LogP contribution in [0.3, 0.4) is 0 Å². The van der Waals surface area contributed by atoms with Crippen LogP contribution in [0.5, 0.6) is 0 Å². The fourth-order valence-corrected chi connectivity index (χ4v) is 3.15. The molecule has 0 aromatic heterocycles. The average Bonchev–Trinajstić information content (AvgIpc) is 2.85. The van der Waals surface area contributed by atoms with E-state index in [0.717, 1.165) is 17.2 Å². The van der Waals surface area contributed by atoms with E-state index in [1.54, 1.807) is 18.2 Å². The molecule has 0 spiro atoms. The van der Waals surface area contributed by atoms with Crippen molar-refractivity contribution in [3.63, 3.8) is 0 Å². The molecule has 0 saturated carbocycles. The molecule has 0 radical (unpaired) electrons. The van der Waals surface area contributed by atoms with Gasteiger partial charge in [-0.05, 0) is 42.1 Å². The molecule has 3 aromatic carbocycles. The second-order valence-electron chi connectivity index (χ2n) is 7.50. The second kappa shape index (κ2) is 12.2. The summed E-state index contributed by atoms with van der Waals surface area (Å²) in [5.41, 5.74) is 1.49. The summed E-state index contributed by atoms with van der Waals surface area (Å²) in [6.45, 7) is 1.76. The fourth-order valence-electron chi connectivity index (χ4n) is 3.15. The third-order valence-electron chi connectivity index (χ3n) is 4.83. The van der Waals surface area contributed by atoms with Gasteiger partial charge in [0, 0.05) is 23.2 Å². The number of esters is 2. The molecule has 0 aliphatic heterocycles. The first kappa shape index (κ1) is 24.4. The third-order valence-corrected chi connectivity index (χ3v) is 4.83. The number of benzene rings is 3. The molecule has 0 unspecified atom stereocenters. The van der Waals surface area contributed by atoms with E-state index >= 15 is 0 Å². The Bertz CT molecular complexity index is 1170. The molecule has 0 bridgehead atoms. The van der Waals surface area contributed by atoms with Gasteiger partial charge in [-0.1, -0.05) is 43.3 Å². The van der Waals surface area contributed by atoms with Crippen molar-refractivity contribution in [2.24, 2.45) is 0 Å². The minimum Gasteiger partial charge on any atom is -0.462 e. The molecule has 8 heteroatoms. The number of hydrogen-bond donors (Lipinski definition) is 2. The van der Waals surface area contributed by atoms with E-state index in [1.165, 1.54) is 12.1 Å². The number of carbonyl (C=O) groups is 4. The van der Waals surface area contributed by atoms with Gasteiger partial charge >= 0.3 is 11.9 Å². The summed E-state index contributed by atoms with van der Waals surface area (Å²) in [4.78, 5) is 48.0. The van der Waals surface area contributed by atoms with Crippen LogP contribution >= 0.6 is 0 Å². The van der Waals surface area contributed by atoms with E-state index in [-0.39, 0.29) is 18.7 Å². The number of anilines is 2. The largest absolute Gasteiger partial charge is 0.462 e. The molecule has 0 heterocycles. The SMILES string of the molecule is CCCOC(=O)c1ccc(NC(=O)COC(=O)CCC(=O)Nc2cccc3ccccc23)cc1. The van der Waals surface area contributed by atoms with Gasteiger partial charge in [0.05, 0.1) is 18.6 Å². The van der Waals surface area contributed by atoms with Crippen LogP contribution in [0.4, 0.5) is 11.4 Å². The molecule has 2 N–H and O–H groups in total. The summed E-state index contributed by atoms with van der Waals surface area (Å²) in [5, 5.41) is 7.28. The van der Waals surface area contributed by atoms with Crippen LogP contribution in [0.15, 0.2) is 66.7 Å². The zero-order chi connectivity index (χ0) is 24.3.